The van der Waals surface area contributed by atoms with Crippen molar-refractivity contribution in [2.24, 2.45) is 0 Å². The zero-order chi connectivity index (χ0) is 42.1. The molecule has 4 aromatic heterocycles. The quantitative estimate of drug-likeness (QED) is 0.138. The van der Waals surface area contributed by atoms with Gasteiger partial charge >= 0.3 is 0 Å². The van der Waals surface area contributed by atoms with E-state index in [1.54, 1.807) is 0 Å². The van der Waals surface area contributed by atoms with Gasteiger partial charge < -0.3 is 4.74 Å². The molecule has 0 aliphatic heterocycles. The van der Waals surface area contributed by atoms with Crippen molar-refractivity contribution >= 4 is 43.6 Å². The van der Waals surface area contributed by atoms with Gasteiger partial charge in [0.2, 0.25) is 17.8 Å². The topological polar surface area (TPSA) is 54.7 Å². The Hall–Kier alpha value is -6.86. The molecule has 0 amide bonds. The smallest absolute Gasteiger partial charge is 0.239 e. The van der Waals surface area contributed by atoms with Gasteiger partial charge in [0.15, 0.2) is 0 Å². The molecule has 304 valence electrons. The van der Waals surface area contributed by atoms with Gasteiger partial charge in [-0.05, 0) is 76.3 Å². The zero-order valence-corrected chi connectivity index (χ0v) is 36.3. The third-order valence-electron chi connectivity index (χ3n) is 12.3. The molecule has 7 nitrogen and oxygen atoms in total. The lowest BCUT2D eigenvalue weighted by Gasteiger charge is -2.22. The SMILES string of the molecule is CC(C)c1cccc(C(C)C)c1-n1ccnc1-n1c2ccccc2c2ccc(Oc3cn(-c4c(C(C)C)cccc4C(C)C)c(-n4c5ccccc5c5ccccc54)n3)cc21. The number of fused-ring (bicyclic) bond motifs is 6. The molecule has 0 saturated carbocycles. The van der Waals surface area contributed by atoms with E-state index in [0.29, 0.717) is 23.5 Å². The van der Waals surface area contributed by atoms with Crippen LogP contribution in [0.4, 0.5) is 0 Å². The van der Waals surface area contributed by atoms with Gasteiger partial charge in [-0.2, -0.15) is 4.98 Å². The van der Waals surface area contributed by atoms with Crippen molar-refractivity contribution in [2.75, 3.05) is 0 Å². The number of aromatic nitrogens is 6. The van der Waals surface area contributed by atoms with E-state index in [0.717, 1.165) is 50.4 Å². The highest BCUT2D eigenvalue weighted by atomic mass is 16.5. The molecule has 0 aliphatic carbocycles. The summed E-state index contributed by atoms with van der Waals surface area (Å²) in [6.45, 7) is 18.1. The first-order valence-electron chi connectivity index (χ1n) is 21.7. The van der Waals surface area contributed by atoms with E-state index in [9.17, 15) is 0 Å². The number of para-hydroxylation sites is 5. The minimum atomic E-state index is 0.285. The van der Waals surface area contributed by atoms with Gasteiger partial charge in [-0.15, -0.1) is 0 Å². The summed E-state index contributed by atoms with van der Waals surface area (Å²) in [5.41, 5.74) is 11.7. The molecule has 0 radical (unpaired) electrons. The molecular weight excluding hydrogens is 749 g/mol. The van der Waals surface area contributed by atoms with Crippen molar-refractivity contribution in [3.63, 3.8) is 0 Å². The van der Waals surface area contributed by atoms with Gasteiger partial charge in [-0.25, -0.2) is 4.98 Å². The van der Waals surface area contributed by atoms with Crippen molar-refractivity contribution in [3.8, 4) is 34.9 Å². The number of hydrogen-bond acceptors (Lipinski definition) is 3. The third-order valence-corrected chi connectivity index (χ3v) is 12.3. The van der Waals surface area contributed by atoms with Gasteiger partial charge in [0.1, 0.15) is 5.75 Å². The minimum Gasteiger partial charge on any atom is -0.437 e. The Morgan fingerprint density at radius 2 is 0.885 bits per heavy atom. The van der Waals surface area contributed by atoms with E-state index in [4.69, 9.17) is 14.7 Å². The highest BCUT2D eigenvalue weighted by Gasteiger charge is 2.25. The maximum absolute atomic E-state index is 6.95. The molecule has 6 aromatic carbocycles. The highest BCUT2D eigenvalue weighted by molar-refractivity contribution is 6.10. The van der Waals surface area contributed by atoms with E-state index in [1.165, 1.54) is 38.7 Å². The second-order valence-electron chi connectivity index (χ2n) is 17.5. The molecule has 0 N–H and O–H groups in total. The molecule has 10 rings (SSSR count). The molecular formula is C54H52N6O. The first-order chi connectivity index (χ1) is 29.6. The number of imidazole rings is 2. The Labute approximate surface area is 357 Å². The number of hydrogen-bond donors (Lipinski definition) is 0. The maximum atomic E-state index is 6.95. The monoisotopic (exact) mass is 800 g/mol. The van der Waals surface area contributed by atoms with Crippen molar-refractivity contribution in [1.29, 1.82) is 0 Å². The summed E-state index contributed by atoms with van der Waals surface area (Å²) in [5.74, 6) is 4.06. The average molecular weight is 801 g/mol. The fraction of sp³-hybridized carbons (Fsp3) is 0.222. The minimum absolute atomic E-state index is 0.285. The summed E-state index contributed by atoms with van der Waals surface area (Å²) in [4.78, 5) is 10.5. The predicted octanol–water partition coefficient (Wildman–Crippen LogP) is 14.5. The Kier molecular flexibility index (Phi) is 9.43. The number of benzene rings is 6. The van der Waals surface area contributed by atoms with Gasteiger partial charge in [-0.1, -0.05) is 146 Å². The van der Waals surface area contributed by atoms with E-state index in [-0.39, 0.29) is 11.8 Å². The van der Waals surface area contributed by atoms with Gasteiger partial charge in [0.05, 0.1) is 39.6 Å². The first-order valence-corrected chi connectivity index (χ1v) is 21.7. The molecule has 61 heavy (non-hydrogen) atoms. The Balaban J connectivity index is 1.19. The second-order valence-corrected chi connectivity index (χ2v) is 17.5. The molecule has 0 fully saturated rings. The lowest BCUT2D eigenvalue weighted by atomic mass is 9.92. The van der Waals surface area contributed by atoms with Crippen LogP contribution in [0.5, 0.6) is 11.6 Å². The van der Waals surface area contributed by atoms with Crippen LogP contribution in [0.2, 0.25) is 0 Å². The van der Waals surface area contributed by atoms with E-state index < -0.39 is 0 Å². The van der Waals surface area contributed by atoms with E-state index in [1.807, 2.05) is 6.20 Å². The number of ether oxygens (including phenoxy) is 1. The van der Waals surface area contributed by atoms with Crippen LogP contribution in [0.3, 0.4) is 0 Å². The molecule has 4 heterocycles. The van der Waals surface area contributed by atoms with Crippen LogP contribution in [0, 0.1) is 0 Å². The maximum Gasteiger partial charge on any atom is 0.239 e. The first kappa shape index (κ1) is 38.3. The summed E-state index contributed by atoms with van der Waals surface area (Å²) in [6.07, 6.45) is 6.10. The average Bonchev–Trinajstić information content (AvgIpc) is 4.05. The summed E-state index contributed by atoms with van der Waals surface area (Å²) in [7, 11) is 0. The lowest BCUT2D eigenvalue weighted by molar-refractivity contribution is 0.465. The van der Waals surface area contributed by atoms with Crippen LogP contribution in [0.25, 0.3) is 66.9 Å². The summed E-state index contributed by atoms with van der Waals surface area (Å²) >= 11 is 0. The summed E-state index contributed by atoms with van der Waals surface area (Å²) in [6, 6.07) is 45.6. The zero-order valence-electron chi connectivity index (χ0n) is 36.3. The van der Waals surface area contributed by atoms with Crippen molar-refractivity contribution in [1.82, 2.24) is 28.2 Å². The number of nitrogens with zero attached hydrogens (tertiary/aromatic N) is 6. The van der Waals surface area contributed by atoms with Crippen molar-refractivity contribution < 1.29 is 4.74 Å². The third kappa shape index (κ3) is 6.25. The fourth-order valence-corrected chi connectivity index (χ4v) is 9.42. The fourth-order valence-electron chi connectivity index (χ4n) is 9.42. The van der Waals surface area contributed by atoms with Crippen molar-refractivity contribution in [3.05, 3.63) is 168 Å². The largest absolute Gasteiger partial charge is 0.437 e. The summed E-state index contributed by atoms with van der Waals surface area (Å²) < 4.78 is 16.1. The molecule has 0 unspecified atom stereocenters. The molecule has 0 bridgehead atoms. The highest BCUT2D eigenvalue weighted by Crippen LogP contribution is 2.41. The molecule has 0 atom stereocenters. The van der Waals surface area contributed by atoms with Crippen LogP contribution in [0.15, 0.2) is 146 Å². The normalized spacial score (nSPS) is 12.2. The molecule has 0 saturated heterocycles. The number of rotatable bonds is 10. The Morgan fingerprint density at radius 3 is 1.38 bits per heavy atom. The standard InChI is InChI=1S/C54H52N6O/c1-33(2)38-20-15-21-39(34(3)4)51(38)57-30-29-55-53(57)60-48-26-14-11-19-44(48)45-28-27-37(31-49(45)60)61-50-32-58(52-40(35(5)6)22-16-23-41(52)36(7)8)54(56-50)59-46-24-12-9-17-42(46)43-18-10-13-25-47(43)59/h9-36H,1-8H3. The summed E-state index contributed by atoms with van der Waals surface area (Å²) in [5, 5.41) is 4.65. The molecule has 0 spiro atoms. The van der Waals surface area contributed by atoms with Crippen LogP contribution < -0.4 is 4.74 Å². The van der Waals surface area contributed by atoms with Gasteiger partial charge in [0, 0.05) is 40.0 Å². The van der Waals surface area contributed by atoms with E-state index >= 15 is 0 Å². The van der Waals surface area contributed by atoms with Crippen LogP contribution in [0.1, 0.15) is 101 Å². The second kappa shape index (κ2) is 15.0. The van der Waals surface area contributed by atoms with Gasteiger partial charge in [0.25, 0.3) is 0 Å². The van der Waals surface area contributed by atoms with Crippen molar-refractivity contribution in [2.45, 2.75) is 79.1 Å². The Morgan fingerprint density at radius 1 is 0.443 bits per heavy atom. The Bertz CT molecular complexity index is 3150. The van der Waals surface area contributed by atoms with E-state index in [2.05, 4.69) is 213 Å². The molecule has 10 aromatic rings. The van der Waals surface area contributed by atoms with Gasteiger partial charge in [-0.3, -0.25) is 18.3 Å². The lowest BCUT2D eigenvalue weighted by Crippen LogP contribution is -2.11. The van der Waals surface area contributed by atoms with Crippen LogP contribution in [-0.2, 0) is 0 Å². The molecule has 7 heteroatoms. The van der Waals surface area contributed by atoms with Crippen LogP contribution >= 0.6 is 0 Å². The predicted molar refractivity (Wildman–Crippen MR) is 252 cm³/mol. The van der Waals surface area contributed by atoms with Crippen LogP contribution in [-0.4, -0.2) is 28.2 Å². The molecule has 0 aliphatic rings.